The molecule has 110 valence electrons. The number of hydrogen-bond acceptors (Lipinski definition) is 2. The van der Waals surface area contributed by atoms with Crippen molar-refractivity contribution < 1.29 is 26.7 Å². The molecule has 1 aliphatic carbocycles. The Hall–Kier alpha value is -0.820. The summed E-state index contributed by atoms with van der Waals surface area (Å²) in [6.45, 7) is 0.147. The maximum absolute atomic E-state index is 14.1. The first kappa shape index (κ1) is 14.1. The van der Waals surface area contributed by atoms with Gasteiger partial charge >= 0.3 is 11.4 Å². The second-order valence-corrected chi connectivity index (χ2v) is 6.34. The molecule has 7 heteroatoms. The van der Waals surface area contributed by atoms with E-state index in [1.54, 1.807) is 0 Å². The number of rotatable bonds is 4. The van der Waals surface area contributed by atoms with Crippen LogP contribution in [0.5, 0.6) is 0 Å². The van der Waals surface area contributed by atoms with Crippen LogP contribution in [0.15, 0.2) is 18.2 Å². The topological polar surface area (TPSA) is 12.5 Å². The van der Waals surface area contributed by atoms with Crippen LogP contribution < -0.4 is 0 Å². The van der Waals surface area contributed by atoms with Crippen LogP contribution in [0.4, 0.5) is 22.0 Å². The number of hydrogen-bond donors (Lipinski definition) is 0. The van der Waals surface area contributed by atoms with Gasteiger partial charge in [-0.25, -0.2) is 0 Å². The predicted molar refractivity (Wildman–Crippen MR) is 64.6 cm³/mol. The van der Waals surface area contributed by atoms with Gasteiger partial charge in [0.05, 0.1) is 12.2 Å². The zero-order valence-electron chi connectivity index (χ0n) is 10.2. The van der Waals surface area contributed by atoms with E-state index in [-0.39, 0.29) is 17.4 Å². The Morgan fingerprint density at radius 1 is 1.10 bits per heavy atom. The van der Waals surface area contributed by atoms with E-state index < -0.39 is 28.7 Å². The third-order valence-corrected chi connectivity index (χ3v) is 4.53. The van der Waals surface area contributed by atoms with Crippen molar-refractivity contribution in [2.24, 2.45) is 0 Å². The summed E-state index contributed by atoms with van der Waals surface area (Å²) >= 11 is 0.318. The Labute approximate surface area is 116 Å². The van der Waals surface area contributed by atoms with Crippen LogP contribution in [0.1, 0.15) is 35.6 Å². The molecule has 2 fully saturated rings. The summed E-state index contributed by atoms with van der Waals surface area (Å²) in [7, 11) is 0. The molecule has 1 aliphatic heterocycles. The SMILES string of the molecule is FC(F)(F)c1c(C2CO2)cccc1C(F)(F)SC1CC1. The van der Waals surface area contributed by atoms with Crippen molar-refractivity contribution in [3.8, 4) is 0 Å². The van der Waals surface area contributed by atoms with Gasteiger partial charge in [0.2, 0.25) is 0 Å². The van der Waals surface area contributed by atoms with Gasteiger partial charge in [0, 0.05) is 10.8 Å². The molecule has 0 spiro atoms. The Balaban J connectivity index is 2.06. The second kappa shape index (κ2) is 4.59. The van der Waals surface area contributed by atoms with E-state index in [0.717, 1.165) is 6.07 Å². The quantitative estimate of drug-likeness (QED) is 0.589. The molecule has 1 saturated carbocycles. The first-order chi connectivity index (χ1) is 9.29. The molecule has 2 aliphatic rings. The highest BCUT2D eigenvalue weighted by molar-refractivity contribution is 8.00. The number of ether oxygens (including phenoxy) is 1. The molecule has 1 heterocycles. The Kier molecular flexibility index (Phi) is 3.25. The monoisotopic (exact) mass is 310 g/mol. The van der Waals surface area contributed by atoms with E-state index in [1.807, 2.05) is 0 Å². The molecule has 0 N–H and O–H groups in total. The second-order valence-electron chi connectivity index (χ2n) is 4.92. The fourth-order valence-corrected chi connectivity index (χ4v) is 3.17. The maximum Gasteiger partial charge on any atom is 0.417 e. The lowest BCUT2D eigenvalue weighted by Gasteiger charge is -2.22. The van der Waals surface area contributed by atoms with E-state index in [0.29, 0.717) is 24.6 Å². The molecule has 0 radical (unpaired) electrons. The molecule has 1 nitrogen and oxygen atoms in total. The molecular weight excluding hydrogens is 299 g/mol. The summed E-state index contributed by atoms with van der Waals surface area (Å²) in [4.78, 5) is 0. The van der Waals surface area contributed by atoms with E-state index in [4.69, 9.17) is 4.74 Å². The average Bonchev–Trinajstić information content (AvgIpc) is 3.20. The van der Waals surface area contributed by atoms with Gasteiger partial charge in [-0.2, -0.15) is 22.0 Å². The zero-order valence-corrected chi connectivity index (χ0v) is 11.0. The van der Waals surface area contributed by atoms with E-state index in [9.17, 15) is 22.0 Å². The first-order valence-electron chi connectivity index (χ1n) is 6.17. The molecule has 1 saturated heterocycles. The lowest BCUT2D eigenvalue weighted by atomic mass is 9.98. The van der Waals surface area contributed by atoms with E-state index in [2.05, 4.69) is 0 Å². The number of halogens is 5. The molecule has 1 atom stereocenters. The number of benzene rings is 1. The van der Waals surface area contributed by atoms with Crippen LogP contribution >= 0.6 is 11.8 Å². The van der Waals surface area contributed by atoms with Gasteiger partial charge in [-0.05, 0) is 18.4 Å². The van der Waals surface area contributed by atoms with Crippen LogP contribution in [0.2, 0.25) is 0 Å². The summed E-state index contributed by atoms with van der Waals surface area (Å²) in [5.41, 5.74) is -2.37. The van der Waals surface area contributed by atoms with Crippen molar-refractivity contribution in [1.82, 2.24) is 0 Å². The van der Waals surface area contributed by atoms with Gasteiger partial charge in [0.15, 0.2) is 0 Å². The third-order valence-electron chi connectivity index (χ3n) is 3.21. The van der Waals surface area contributed by atoms with Crippen molar-refractivity contribution in [3.63, 3.8) is 0 Å². The van der Waals surface area contributed by atoms with Crippen LogP contribution in [-0.4, -0.2) is 11.9 Å². The molecule has 1 aromatic carbocycles. The van der Waals surface area contributed by atoms with Crippen molar-refractivity contribution in [1.29, 1.82) is 0 Å². The van der Waals surface area contributed by atoms with Gasteiger partial charge < -0.3 is 4.74 Å². The maximum atomic E-state index is 14.1. The Bertz CT molecular complexity index is 520. The fourth-order valence-electron chi connectivity index (χ4n) is 2.08. The molecular formula is C13H11F5OS. The molecule has 3 rings (SSSR count). The van der Waals surface area contributed by atoms with Crippen molar-refractivity contribution in [2.75, 3.05) is 6.61 Å². The minimum Gasteiger partial charge on any atom is -0.368 e. The summed E-state index contributed by atoms with van der Waals surface area (Å²) in [5.74, 6) is 0. The summed E-state index contributed by atoms with van der Waals surface area (Å²) in [6, 6.07) is 3.31. The predicted octanol–water partition coefficient (Wildman–Crippen LogP) is 4.72. The summed E-state index contributed by atoms with van der Waals surface area (Å²) in [5, 5.41) is -3.77. The molecule has 0 amide bonds. The lowest BCUT2D eigenvalue weighted by Crippen LogP contribution is -2.20. The average molecular weight is 310 g/mol. The summed E-state index contributed by atoms with van der Waals surface area (Å²) in [6.07, 6.45) is -4.26. The Morgan fingerprint density at radius 3 is 2.25 bits per heavy atom. The van der Waals surface area contributed by atoms with Crippen LogP contribution in [0.25, 0.3) is 0 Å². The van der Waals surface area contributed by atoms with Crippen LogP contribution in [0.3, 0.4) is 0 Å². The smallest absolute Gasteiger partial charge is 0.368 e. The highest BCUT2D eigenvalue weighted by Gasteiger charge is 2.49. The molecule has 1 aromatic rings. The highest BCUT2D eigenvalue weighted by atomic mass is 32.2. The van der Waals surface area contributed by atoms with Crippen molar-refractivity contribution in [3.05, 3.63) is 34.9 Å². The van der Waals surface area contributed by atoms with Crippen molar-refractivity contribution in [2.45, 2.75) is 35.6 Å². The molecule has 0 bridgehead atoms. The minimum absolute atomic E-state index is 0.147. The number of alkyl halides is 5. The Morgan fingerprint density at radius 2 is 1.75 bits per heavy atom. The van der Waals surface area contributed by atoms with Gasteiger partial charge in [-0.1, -0.05) is 30.0 Å². The number of thioether (sulfide) groups is 1. The molecule has 20 heavy (non-hydrogen) atoms. The van der Waals surface area contributed by atoms with E-state index in [1.165, 1.54) is 12.1 Å². The standard InChI is InChI=1S/C13H11F5OS/c14-12(15,16)11-8(10-6-19-10)2-1-3-9(11)13(17,18)20-7-4-5-7/h1-3,7,10H,4-6H2. The first-order valence-corrected chi connectivity index (χ1v) is 7.05. The van der Waals surface area contributed by atoms with Gasteiger partial charge in [-0.3, -0.25) is 0 Å². The van der Waals surface area contributed by atoms with Gasteiger partial charge in [0.1, 0.15) is 6.10 Å². The van der Waals surface area contributed by atoms with E-state index >= 15 is 0 Å². The minimum atomic E-state index is -4.81. The van der Waals surface area contributed by atoms with Crippen molar-refractivity contribution >= 4 is 11.8 Å². The third kappa shape index (κ3) is 2.79. The lowest BCUT2D eigenvalue weighted by molar-refractivity contribution is -0.140. The molecule has 0 aromatic heterocycles. The number of epoxide rings is 1. The zero-order chi connectivity index (χ0) is 14.5. The van der Waals surface area contributed by atoms with Gasteiger partial charge in [0.25, 0.3) is 0 Å². The highest BCUT2D eigenvalue weighted by Crippen LogP contribution is 2.53. The molecule has 1 unspecified atom stereocenters. The largest absolute Gasteiger partial charge is 0.417 e. The van der Waals surface area contributed by atoms with Gasteiger partial charge in [-0.15, -0.1) is 0 Å². The van der Waals surface area contributed by atoms with Crippen LogP contribution in [-0.2, 0) is 16.2 Å². The summed E-state index contributed by atoms with van der Waals surface area (Å²) < 4.78 is 72.6. The normalized spacial score (nSPS) is 22.9. The fraction of sp³-hybridized carbons (Fsp3) is 0.538. The van der Waals surface area contributed by atoms with Crippen LogP contribution in [0, 0.1) is 0 Å².